The van der Waals surface area contributed by atoms with Crippen LogP contribution in [0.25, 0.3) is 0 Å². The monoisotopic (exact) mass is 112 g/mol. The normalized spacial score (nSPS) is 7.62. The molecule has 0 bridgehead atoms. The summed E-state index contributed by atoms with van der Waals surface area (Å²) in [5.74, 6) is -0.915. The van der Waals surface area contributed by atoms with Crippen molar-refractivity contribution >= 4 is 24.8 Å². The van der Waals surface area contributed by atoms with Gasteiger partial charge in [0.2, 0.25) is 0 Å². The first-order valence-electron chi connectivity index (χ1n) is 2.07. The molecule has 0 aromatic carbocycles. The number of rotatable bonds is 3. The van der Waals surface area contributed by atoms with E-state index in [2.05, 4.69) is 4.74 Å². The van der Waals surface area contributed by atoms with Crippen LogP contribution < -0.4 is 0 Å². The second kappa shape index (κ2) is 7.03. The molecule has 1 N–H and O–H groups in total. The number of ether oxygens (including phenoxy) is 1. The van der Waals surface area contributed by atoms with Crippen LogP contribution in [0.5, 0.6) is 0 Å². The summed E-state index contributed by atoms with van der Waals surface area (Å²) in [5.41, 5.74) is 0. The Labute approximate surface area is 60.2 Å². The van der Waals surface area contributed by atoms with Crippen molar-refractivity contribution in [3.8, 4) is 0 Å². The van der Waals surface area contributed by atoms with E-state index in [4.69, 9.17) is 5.11 Å². The third-order valence-corrected chi connectivity index (χ3v) is 0.430. The van der Waals surface area contributed by atoms with Gasteiger partial charge in [0.1, 0.15) is 6.61 Å². The van der Waals surface area contributed by atoms with Crippen LogP contribution in [0.1, 0.15) is 6.92 Å². The Morgan fingerprint density at radius 1 is 1.75 bits per heavy atom. The number of carboxylic acid groups (broad SMARTS) is 1. The Kier molecular flexibility index (Phi) is 9.59. The van der Waals surface area contributed by atoms with Crippen LogP contribution in [0.2, 0.25) is 0 Å². The summed E-state index contributed by atoms with van der Waals surface area (Å²) in [6, 6.07) is 0. The van der Waals surface area contributed by atoms with Gasteiger partial charge in [0, 0.05) is 6.61 Å². The summed E-state index contributed by atoms with van der Waals surface area (Å²) < 4.78 is 4.50. The first kappa shape index (κ1) is 10.9. The SMILES string of the molecule is CCOCC(=O)O.[LiH]. The van der Waals surface area contributed by atoms with Crippen molar-refractivity contribution in [2.45, 2.75) is 6.92 Å². The molecule has 0 aromatic rings. The number of carboxylic acids is 1. The van der Waals surface area contributed by atoms with Gasteiger partial charge in [-0.1, -0.05) is 0 Å². The second-order valence-electron chi connectivity index (χ2n) is 1.03. The third-order valence-electron chi connectivity index (χ3n) is 0.430. The van der Waals surface area contributed by atoms with E-state index in [1.54, 1.807) is 6.92 Å². The Balaban J connectivity index is 0. The van der Waals surface area contributed by atoms with E-state index in [9.17, 15) is 4.79 Å². The van der Waals surface area contributed by atoms with Gasteiger partial charge in [-0.05, 0) is 6.92 Å². The van der Waals surface area contributed by atoms with Crippen LogP contribution in [0.3, 0.4) is 0 Å². The van der Waals surface area contributed by atoms with Gasteiger partial charge in [0.15, 0.2) is 0 Å². The fourth-order valence-electron chi connectivity index (χ4n) is 0.189. The van der Waals surface area contributed by atoms with Crippen molar-refractivity contribution in [1.29, 1.82) is 0 Å². The molecule has 0 saturated heterocycles. The predicted molar refractivity (Wildman–Crippen MR) is 31.3 cm³/mol. The Morgan fingerprint density at radius 3 is 2.38 bits per heavy atom. The minimum absolute atomic E-state index is 0. The fraction of sp³-hybridized carbons (Fsp3) is 0.750. The van der Waals surface area contributed by atoms with Crippen LogP contribution in [0.15, 0.2) is 0 Å². The summed E-state index contributed by atoms with van der Waals surface area (Å²) >= 11 is 0. The van der Waals surface area contributed by atoms with Gasteiger partial charge in [0.05, 0.1) is 0 Å². The number of hydrogen-bond acceptors (Lipinski definition) is 2. The molecule has 0 atom stereocenters. The molecule has 0 heterocycles. The molecule has 0 saturated carbocycles. The zero-order chi connectivity index (χ0) is 5.70. The van der Waals surface area contributed by atoms with Gasteiger partial charge < -0.3 is 9.84 Å². The molecule has 44 valence electrons. The van der Waals surface area contributed by atoms with E-state index in [1.165, 1.54) is 0 Å². The third kappa shape index (κ3) is 9.39. The maximum atomic E-state index is 9.63. The second-order valence-corrected chi connectivity index (χ2v) is 1.03. The number of hydrogen-bond donors (Lipinski definition) is 1. The molecule has 4 heteroatoms. The molecule has 0 amide bonds. The van der Waals surface area contributed by atoms with Crippen LogP contribution in [-0.2, 0) is 9.53 Å². The van der Waals surface area contributed by atoms with Crippen LogP contribution >= 0.6 is 0 Å². The molecular formula is C4H9LiO3. The van der Waals surface area contributed by atoms with Gasteiger partial charge in [-0.25, -0.2) is 4.79 Å². The minimum atomic E-state index is -0.915. The summed E-state index contributed by atoms with van der Waals surface area (Å²) in [5, 5.41) is 7.92. The number of carbonyl (C=O) groups is 1. The first-order chi connectivity index (χ1) is 3.27. The van der Waals surface area contributed by atoms with Crippen molar-refractivity contribution in [2.75, 3.05) is 13.2 Å². The molecule has 0 aliphatic heterocycles. The average molecular weight is 112 g/mol. The molecule has 0 rings (SSSR count). The molecule has 0 fully saturated rings. The van der Waals surface area contributed by atoms with E-state index in [-0.39, 0.29) is 25.5 Å². The van der Waals surface area contributed by atoms with Crippen LogP contribution in [-0.4, -0.2) is 43.2 Å². The van der Waals surface area contributed by atoms with Crippen molar-refractivity contribution in [3.63, 3.8) is 0 Å². The van der Waals surface area contributed by atoms with Crippen molar-refractivity contribution in [2.24, 2.45) is 0 Å². The van der Waals surface area contributed by atoms with Gasteiger partial charge >= 0.3 is 24.8 Å². The predicted octanol–water partition coefficient (Wildman–Crippen LogP) is -0.541. The zero-order valence-corrected chi connectivity index (χ0v) is 4.18. The Hall–Kier alpha value is 0.0274. The average Bonchev–Trinajstić information content (AvgIpc) is 1.61. The Bertz CT molecular complexity index is 64.3. The van der Waals surface area contributed by atoms with Gasteiger partial charge in [0.25, 0.3) is 0 Å². The van der Waals surface area contributed by atoms with Crippen LogP contribution in [0, 0.1) is 0 Å². The summed E-state index contributed by atoms with van der Waals surface area (Å²) in [6.07, 6.45) is 0. The quantitative estimate of drug-likeness (QED) is 0.498. The number of aliphatic carboxylic acids is 1. The molecule has 0 unspecified atom stereocenters. The van der Waals surface area contributed by atoms with Gasteiger partial charge in [-0.2, -0.15) is 0 Å². The fourth-order valence-corrected chi connectivity index (χ4v) is 0.189. The first-order valence-corrected chi connectivity index (χ1v) is 2.07. The molecule has 3 nitrogen and oxygen atoms in total. The maximum absolute atomic E-state index is 9.63. The van der Waals surface area contributed by atoms with E-state index in [1.807, 2.05) is 0 Å². The van der Waals surface area contributed by atoms with Gasteiger partial charge in [-0.15, -0.1) is 0 Å². The van der Waals surface area contributed by atoms with E-state index in [0.29, 0.717) is 6.61 Å². The van der Waals surface area contributed by atoms with Crippen LogP contribution in [0.4, 0.5) is 0 Å². The molecule has 8 heavy (non-hydrogen) atoms. The summed E-state index contributed by atoms with van der Waals surface area (Å²) in [7, 11) is 0. The van der Waals surface area contributed by atoms with Crippen molar-refractivity contribution in [1.82, 2.24) is 0 Å². The van der Waals surface area contributed by atoms with E-state index >= 15 is 0 Å². The molecule has 0 aliphatic carbocycles. The van der Waals surface area contributed by atoms with E-state index in [0.717, 1.165) is 0 Å². The van der Waals surface area contributed by atoms with E-state index < -0.39 is 5.97 Å². The standard InChI is InChI=1S/C4H8O3.Li.H/c1-2-7-3-4(5)6;;/h2-3H2,1H3,(H,5,6);;. The topological polar surface area (TPSA) is 46.5 Å². The van der Waals surface area contributed by atoms with Crippen molar-refractivity contribution < 1.29 is 14.6 Å². The Morgan fingerprint density at radius 2 is 2.25 bits per heavy atom. The molecular weight excluding hydrogens is 103 g/mol. The molecule has 0 spiro atoms. The zero-order valence-electron chi connectivity index (χ0n) is 4.18. The summed E-state index contributed by atoms with van der Waals surface area (Å²) in [6.45, 7) is 2.03. The molecule has 0 radical (unpaired) electrons. The van der Waals surface area contributed by atoms with Crippen molar-refractivity contribution in [3.05, 3.63) is 0 Å². The molecule has 0 aliphatic rings. The molecule has 0 aromatic heterocycles. The van der Waals surface area contributed by atoms with Gasteiger partial charge in [-0.3, -0.25) is 0 Å². The summed E-state index contributed by atoms with van der Waals surface area (Å²) in [4.78, 5) is 9.63.